The Hall–Kier alpha value is -2.84. The maximum atomic E-state index is 13.2. The van der Waals surface area contributed by atoms with E-state index in [4.69, 9.17) is 4.74 Å². The monoisotopic (exact) mass is 574 g/mol. The minimum absolute atomic E-state index is 0.0581. The van der Waals surface area contributed by atoms with Gasteiger partial charge in [0.25, 0.3) is 0 Å². The highest BCUT2D eigenvalue weighted by atomic mass is 79.9. The molecular weight excluding hydrogens is 556 g/mol. The van der Waals surface area contributed by atoms with Gasteiger partial charge < -0.3 is 20.1 Å². The van der Waals surface area contributed by atoms with Gasteiger partial charge in [-0.1, -0.05) is 6.07 Å². The van der Waals surface area contributed by atoms with Crippen LogP contribution in [-0.4, -0.2) is 27.3 Å². The Morgan fingerprint density at radius 2 is 1.36 bits per heavy atom. The minimum atomic E-state index is -1.71. The van der Waals surface area contributed by atoms with Crippen LogP contribution in [0.15, 0.2) is 39.3 Å². The zero-order chi connectivity index (χ0) is 24.4. The van der Waals surface area contributed by atoms with Gasteiger partial charge in [-0.3, -0.25) is 0 Å². The lowest BCUT2D eigenvalue weighted by molar-refractivity contribution is 0.0235. The number of hydrogen-bond acceptors (Lipinski definition) is 5. The number of carbonyl (C=O) groups excluding carboxylic acids is 1. The number of phenolic OH excluding ortho intramolecular Hbond substituents is 2. The van der Waals surface area contributed by atoms with Crippen LogP contribution in [0.2, 0.25) is 0 Å². The number of aromatic hydroxyl groups is 2. The largest absolute Gasteiger partial charge is 0.506 e. The summed E-state index contributed by atoms with van der Waals surface area (Å²) in [6.45, 7) is 7.32. The van der Waals surface area contributed by atoms with Crippen molar-refractivity contribution >= 4 is 43.8 Å². The average Bonchev–Trinajstić information content (AvgIpc) is 3.03. The number of carboxylic acid groups (broad SMARTS) is 1. The molecule has 1 heterocycles. The lowest BCUT2D eigenvalue weighted by Crippen LogP contribution is -2.32. The molecule has 170 valence electrons. The molecule has 1 aliphatic rings. The highest BCUT2D eigenvalue weighted by Gasteiger charge is 2.54. The van der Waals surface area contributed by atoms with E-state index >= 15 is 0 Å². The number of halogens is 2. The van der Waals surface area contributed by atoms with Crippen molar-refractivity contribution in [2.45, 2.75) is 33.3 Å². The summed E-state index contributed by atoms with van der Waals surface area (Å²) in [5.41, 5.74) is 2.17. The van der Waals surface area contributed by atoms with Gasteiger partial charge >= 0.3 is 11.9 Å². The van der Waals surface area contributed by atoms with Crippen molar-refractivity contribution in [2.24, 2.45) is 0 Å². The number of rotatable bonds is 3. The van der Waals surface area contributed by atoms with E-state index in [1.807, 2.05) is 13.8 Å². The minimum Gasteiger partial charge on any atom is -0.506 e. The highest BCUT2D eigenvalue weighted by molar-refractivity contribution is 9.10. The lowest BCUT2D eigenvalue weighted by Gasteiger charge is -2.35. The molecule has 0 atom stereocenters. The molecule has 1 aliphatic heterocycles. The van der Waals surface area contributed by atoms with E-state index in [0.717, 1.165) is 11.1 Å². The molecule has 0 amide bonds. The van der Waals surface area contributed by atoms with Gasteiger partial charge in [-0.25, -0.2) is 9.59 Å². The third-order valence-corrected chi connectivity index (χ3v) is 7.57. The topological polar surface area (TPSA) is 104 Å². The van der Waals surface area contributed by atoms with Crippen LogP contribution in [0.1, 0.15) is 59.7 Å². The first-order valence-corrected chi connectivity index (χ1v) is 11.6. The maximum absolute atomic E-state index is 13.2. The predicted octanol–water partition coefficient (Wildman–Crippen LogP) is 6.02. The van der Waals surface area contributed by atoms with Crippen LogP contribution in [-0.2, 0) is 10.3 Å². The molecule has 0 unspecified atom stereocenters. The van der Waals surface area contributed by atoms with Gasteiger partial charge in [0, 0.05) is 5.56 Å². The SMILES string of the molecule is Cc1cc(Br)c(O)c(C2(c3c(C)c(C)cc(Br)c3O)OC(=O)c3cc(C(=O)O)ccc32)c1C. The lowest BCUT2D eigenvalue weighted by atomic mass is 9.74. The molecule has 0 fully saturated rings. The predicted molar refractivity (Wildman–Crippen MR) is 129 cm³/mol. The first-order valence-electron chi connectivity index (χ1n) is 10.0. The zero-order valence-corrected chi connectivity index (χ0v) is 21.4. The fourth-order valence-corrected chi connectivity index (χ4v) is 5.57. The summed E-state index contributed by atoms with van der Waals surface area (Å²) in [5.74, 6) is -2.21. The second-order valence-electron chi connectivity index (χ2n) is 8.18. The van der Waals surface area contributed by atoms with Gasteiger partial charge in [0.2, 0.25) is 0 Å². The molecular formula is C25H20Br2O6. The summed E-state index contributed by atoms with van der Waals surface area (Å²) in [5, 5.41) is 31.9. The van der Waals surface area contributed by atoms with E-state index in [-0.39, 0.29) is 22.6 Å². The Labute approximate surface area is 207 Å². The number of aromatic carboxylic acids is 1. The van der Waals surface area contributed by atoms with Crippen LogP contribution >= 0.6 is 31.9 Å². The van der Waals surface area contributed by atoms with E-state index in [1.165, 1.54) is 18.2 Å². The van der Waals surface area contributed by atoms with Crippen LogP contribution in [0.25, 0.3) is 0 Å². The highest BCUT2D eigenvalue weighted by Crippen LogP contribution is 2.56. The number of ether oxygens (including phenoxy) is 1. The quantitative estimate of drug-likeness (QED) is 0.330. The van der Waals surface area contributed by atoms with E-state index in [0.29, 0.717) is 36.8 Å². The van der Waals surface area contributed by atoms with Gasteiger partial charge in [-0.05, 0) is 106 Å². The molecule has 0 radical (unpaired) electrons. The Bertz CT molecular complexity index is 1260. The Morgan fingerprint density at radius 3 is 1.82 bits per heavy atom. The van der Waals surface area contributed by atoms with E-state index in [2.05, 4.69) is 31.9 Å². The fourth-order valence-electron chi connectivity index (χ4n) is 4.48. The molecule has 33 heavy (non-hydrogen) atoms. The zero-order valence-electron chi connectivity index (χ0n) is 18.2. The van der Waals surface area contributed by atoms with Crippen molar-refractivity contribution in [3.63, 3.8) is 0 Å². The van der Waals surface area contributed by atoms with Crippen molar-refractivity contribution in [2.75, 3.05) is 0 Å². The van der Waals surface area contributed by atoms with Crippen LogP contribution in [0.3, 0.4) is 0 Å². The third-order valence-electron chi connectivity index (χ3n) is 6.36. The molecule has 8 heteroatoms. The first kappa shape index (κ1) is 23.3. The number of carbonyl (C=O) groups is 2. The number of benzene rings is 3. The summed E-state index contributed by atoms with van der Waals surface area (Å²) in [6, 6.07) is 7.66. The van der Waals surface area contributed by atoms with Crippen molar-refractivity contribution in [3.8, 4) is 11.5 Å². The van der Waals surface area contributed by atoms with Crippen LogP contribution in [0.5, 0.6) is 11.5 Å². The second-order valence-corrected chi connectivity index (χ2v) is 9.89. The molecule has 0 bridgehead atoms. The first-order chi connectivity index (χ1) is 15.4. The average molecular weight is 576 g/mol. The van der Waals surface area contributed by atoms with E-state index in [9.17, 15) is 24.9 Å². The van der Waals surface area contributed by atoms with Gasteiger partial charge in [0.05, 0.1) is 31.2 Å². The Kier molecular flexibility index (Phi) is 5.57. The Balaban J connectivity index is 2.26. The van der Waals surface area contributed by atoms with Crippen LogP contribution in [0.4, 0.5) is 0 Å². The van der Waals surface area contributed by atoms with E-state index < -0.39 is 17.5 Å². The Morgan fingerprint density at radius 1 is 0.879 bits per heavy atom. The second kappa shape index (κ2) is 7.88. The van der Waals surface area contributed by atoms with Crippen molar-refractivity contribution in [3.05, 3.63) is 89.3 Å². The maximum Gasteiger partial charge on any atom is 0.340 e. The fraction of sp³-hybridized carbons (Fsp3) is 0.200. The molecule has 0 spiro atoms. The van der Waals surface area contributed by atoms with Crippen LogP contribution in [0, 0.1) is 27.7 Å². The van der Waals surface area contributed by atoms with Gasteiger partial charge in [0.15, 0.2) is 5.60 Å². The molecule has 3 N–H and O–H groups in total. The molecule has 0 aliphatic carbocycles. The summed E-state index contributed by atoms with van der Waals surface area (Å²) in [4.78, 5) is 24.7. The molecule has 4 rings (SSSR count). The number of esters is 1. The smallest absolute Gasteiger partial charge is 0.340 e. The number of phenols is 2. The molecule has 3 aromatic carbocycles. The van der Waals surface area contributed by atoms with Crippen LogP contribution < -0.4 is 0 Å². The third kappa shape index (κ3) is 3.27. The molecule has 0 saturated heterocycles. The number of fused-ring (bicyclic) bond motifs is 1. The van der Waals surface area contributed by atoms with Gasteiger partial charge in [-0.2, -0.15) is 0 Å². The van der Waals surface area contributed by atoms with Crippen molar-refractivity contribution in [1.82, 2.24) is 0 Å². The molecule has 0 aromatic heterocycles. The molecule has 3 aromatic rings. The van der Waals surface area contributed by atoms with Crippen molar-refractivity contribution in [1.29, 1.82) is 0 Å². The van der Waals surface area contributed by atoms with Crippen molar-refractivity contribution < 1.29 is 29.6 Å². The number of hydrogen-bond donors (Lipinski definition) is 3. The normalized spacial score (nSPS) is 14.2. The molecule has 6 nitrogen and oxygen atoms in total. The summed E-state index contributed by atoms with van der Waals surface area (Å²) in [6.07, 6.45) is 0. The summed E-state index contributed by atoms with van der Waals surface area (Å²) >= 11 is 6.77. The number of aryl methyl sites for hydroxylation is 2. The van der Waals surface area contributed by atoms with Gasteiger partial charge in [-0.15, -0.1) is 0 Å². The molecule has 0 saturated carbocycles. The van der Waals surface area contributed by atoms with E-state index in [1.54, 1.807) is 26.0 Å². The summed E-state index contributed by atoms with van der Waals surface area (Å²) < 4.78 is 6.87. The summed E-state index contributed by atoms with van der Waals surface area (Å²) in [7, 11) is 0. The number of cyclic esters (lactones) is 1. The standard InChI is InChI=1S/C25H20Br2O6/c1-10-7-17(26)21(28)19(12(10)3)25(20-13(4)11(2)8-18(27)22(20)29)16-6-5-14(23(30)31)9-15(16)24(32)33-25/h5-9,28-29H,1-4H3,(H,30,31). The number of carboxylic acids is 1. The van der Waals surface area contributed by atoms with Gasteiger partial charge in [0.1, 0.15) is 11.5 Å².